The molecule has 28 heavy (non-hydrogen) atoms. The first-order valence-electron chi connectivity index (χ1n) is 10.7. The van der Waals surface area contributed by atoms with Crippen molar-refractivity contribution in [3.05, 3.63) is 35.6 Å². The van der Waals surface area contributed by atoms with Crippen LogP contribution < -0.4 is 4.74 Å². The lowest BCUT2D eigenvalue weighted by Gasteiger charge is -2.43. The van der Waals surface area contributed by atoms with Crippen molar-refractivity contribution in [1.29, 1.82) is 0 Å². The van der Waals surface area contributed by atoms with Gasteiger partial charge in [0.05, 0.1) is 12.9 Å². The summed E-state index contributed by atoms with van der Waals surface area (Å²) in [5, 5.41) is 1.07. The molecular weight excluding hydrogens is 350 g/mol. The molecule has 1 saturated carbocycles. The van der Waals surface area contributed by atoms with Crippen LogP contribution in [0.4, 0.5) is 0 Å². The highest BCUT2D eigenvalue weighted by Gasteiger charge is 2.35. The molecule has 1 aromatic carbocycles. The molecule has 4 nitrogen and oxygen atoms in total. The van der Waals surface area contributed by atoms with Gasteiger partial charge in [0.15, 0.2) is 0 Å². The van der Waals surface area contributed by atoms with Gasteiger partial charge in [-0.25, -0.2) is 0 Å². The molecule has 150 valence electrons. The Morgan fingerprint density at radius 1 is 1.25 bits per heavy atom. The highest BCUT2D eigenvalue weighted by atomic mass is 16.5. The third-order valence-electron chi connectivity index (χ3n) is 6.46. The number of likely N-dealkylation sites (tertiary alicyclic amines) is 1. The molecule has 0 radical (unpaired) electrons. The van der Waals surface area contributed by atoms with E-state index in [4.69, 9.17) is 9.15 Å². The molecule has 0 N–H and O–H groups in total. The number of hydrogen-bond acceptors (Lipinski definition) is 3. The largest absolute Gasteiger partial charge is 0.493 e. The minimum Gasteiger partial charge on any atom is -0.493 e. The molecule has 1 aromatic heterocycles. The molecule has 2 fully saturated rings. The summed E-state index contributed by atoms with van der Waals surface area (Å²) in [6, 6.07) is 4.47. The summed E-state index contributed by atoms with van der Waals surface area (Å²) in [5.74, 6) is 1.63. The SMILES string of the molecule is CCOc1cc2occ(C)c2cc1/C(C)=C/C(=O)N1CCCC2CCCCC21. The van der Waals surface area contributed by atoms with E-state index in [0.29, 0.717) is 18.6 Å². The van der Waals surface area contributed by atoms with Gasteiger partial charge in [-0.05, 0) is 69.6 Å². The van der Waals surface area contributed by atoms with Crippen LogP contribution >= 0.6 is 0 Å². The van der Waals surface area contributed by atoms with Crippen LogP contribution in [-0.2, 0) is 4.79 Å². The standard InChI is InChI=1S/C24H31NO3/c1-4-27-22-14-23-20(17(3)15-28-23)13-19(22)16(2)12-24(26)25-11-7-9-18-8-5-6-10-21(18)25/h12-15,18,21H,4-11H2,1-3H3/b16-12+. The van der Waals surface area contributed by atoms with E-state index in [1.54, 1.807) is 6.26 Å². The van der Waals surface area contributed by atoms with Gasteiger partial charge in [0.1, 0.15) is 11.3 Å². The van der Waals surface area contributed by atoms with Crippen LogP contribution in [-0.4, -0.2) is 30.0 Å². The number of furan rings is 1. The second-order valence-electron chi connectivity index (χ2n) is 8.31. The van der Waals surface area contributed by atoms with Crippen molar-refractivity contribution in [2.45, 2.75) is 65.3 Å². The normalized spacial score (nSPS) is 23.0. The molecule has 0 bridgehead atoms. The predicted octanol–water partition coefficient (Wildman–Crippen LogP) is 5.72. The van der Waals surface area contributed by atoms with Gasteiger partial charge in [-0.1, -0.05) is 12.8 Å². The topological polar surface area (TPSA) is 42.7 Å². The summed E-state index contributed by atoms with van der Waals surface area (Å²) in [5.41, 5.74) is 3.85. The van der Waals surface area contributed by atoms with Gasteiger partial charge in [-0.2, -0.15) is 0 Å². The Labute approximate surface area is 167 Å². The first-order chi connectivity index (χ1) is 13.6. The third-order valence-corrected chi connectivity index (χ3v) is 6.46. The molecule has 4 rings (SSSR count). The summed E-state index contributed by atoms with van der Waals surface area (Å²) in [7, 11) is 0. The zero-order valence-electron chi connectivity index (χ0n) is 17.3. The fourth-order valence-corrected chi connectivity index (χ4v) is 5.01. The smallest absolute Gasteiger partial charge is 0.247 e. The highest BCUT2D eigenvalue weighted by molar-refractivity contribution is 5.97. The number of hydrogen-bond donors (Lipinski definition) is 0. The molecule has 2 aliphatic rings. The molecular formula is C24H31NO3. The van der Waals surface area contributed by atoms with Crippen molar-refractivity contribution in [2.75, 3.05) is 13.2 Å². The fraction of sp³-hybridized carbons (Fsp3) is 0.542. The first-order valence-corrected chi connectivity index (χ1v) is 10.7. The van der Waals surface area contributed by atoms with E-state index in [1.807, 2.05) is 32.9 Å². The summed E-state index contributed by atoms with van der Waals surface area (Å²) in [4.78, 5) is 15.3. The maximum absolute atomic E-state index is 13.2. The van der Waals surface area contributed by atoms with Crippen molar-refractivity contribution in [2.24, 2.45) is 5.92 Å². The van der Waals surface area contributed by atoms with Crippen LogP contribution in [0.5, 0.6) is 5.75 Å². The zero-order chi connectivity index (χ0) is 19.7. The minimum absolute atomic E-state index is 0.153. The molecule has 2 atom stereocenters. The monoisotopic (exact) mass is 381 g/mol. The van der Waals surface area contributed by atoms with E-state index in [-0.39, 0.29) is 5.91 Å². The highest BCUT2D eigenvalue weighted by Crippen LogP contribution is 2.37. The van der Waals surface area contributed by atoms with Crippen LogP contribution in [0.2, 0.25) is 0 Å². The van der Waals surface area contributed by atoms with Crippen molar-refractivity contribution < 1.29 is 13.9 Å². The summed E-state index contributed by atoms with van der Waals surface area (Å²) < 4.78 is 11.5. The molecule has 2 unspecified atom stereocenters. The molecule has 2 aromatic rings. The lowest BCUT2D eigenvalue weighted by molar-refractivity contribution is -0.132. The number of carbonyl (C=O) groups is 1. The van der Waals surface area contributed by atoms with Crippen molar-refractivity contribution >= 4 is 22.4 Å². The molecule has 2 heterocycles. The molecule has 0 spiro atoms. The number of aryl methyl sites for hydroxylation is 1. The Morgan fingerprint density at radius 2 is 2.04 bits per heavy atom. The van der Waals surface area contributed by atoms with Crippen LogP contribution in [0.15, 0.2) is 28.9 Å². The number of nitrogens with zero attached hydrogens (tertiary/aromatic N) is 1. The second-order valence-corrected chi connectivity index (χ2v) is 8.31. The number of allylic oxidation sites excluding steroid dienone is 1. The van der Waals surface area contributed by atoms with Gasteiger partial charge in [-0.3, -0.25) is 4.79 Å². The molecule has 1 saturated heterocycles. The number of carbonyl (C=O) groups excluding carboxylic acids is 1. The third kappa shape index (κ3) is 3.57. The Morgan fingerprint density at radius 3 is 2.86 bits per heavy atom. The van der Waals surface area contributed by atoms with E-state index >= 15 is 0 Å². The van der Waals surface area contributed by atoms with Crippen molar-refractivity contribution in [1.82, 2.24) is 4.90 Å². The maximum atomic E-state index is 13.2. The number of ether oxygens (including phenoxy) is 1. The number of piperidine rings is 1. The van der Waals surface area contributed by atoms with E-state index in [9.17, 15) is 4.79 Å². The Balaban J connectivity index is 1.64. The lowest BCUT2D eigenvalue weighted by Crippen LogP contribution is -2.49. The fourth-order valence-electron chi connectivity index (χ4n) is 5.01. The molecule has 4 heteroatoms. The first kappa shape index (κ1) is 19.1. The van der Waals surface area contributed by atoms with Crippen LogP contribution in [0.25, 0.3) is 16.5 Å². The van der Waals surface area contributed by atoms with Gasteiger partial charge in [0.2, 0.25) is 5.91 Å². The van der Waals surface area contributed by atoms with Crippen LogP contribution in [0.1, 0.15) is 63.5 Å². The Hall–Kier alpha value is -2.23. The van der Waals surface area contributed by atoms with E-state index in [2.05, 4.69) is 11.0 Å². The van der Waals surface area contributed by atoms with E-state index in [0.717, 1.165) is 52.8 Å². The number of fused-ring (bicyclic) bond motifs is 2. The van der Waals surface area contributed by atoms with Crippen LogP contribution in [0, 0.1) is 12.8 Å². The van der Waals surface area contributed by atoms with Gasteiger partial charge >= 0.3 is 0 Å². The number of rotatable bonds is 4. The summed E-state index contributed by atoms with van der Waals surface area (Å²) in [6.45, 7) is 7.50. The van der Waals surface area contributed by atoms with Gasteiger partial charge in [-0.15, -0.1) is 0 Å². The van der Waals surface area contributed by atoms with Gasteiger partial charge in [0.25, 0.3) is 0 Å². The maximum Gasteiger partial charge on any atom is 0.247 e. The van der Waals surface area contributed by atoms with Crippen LogP contribution in [0.3, 0.4) is 0 Å². The average Bonchev–Trinajstić information content (AvgIpc) is 3.07. The molecule has 1 amide bonds. The van der Waals surface area contributed by atoms with Gasteiger partial charge in [0, 0.05) is 35.7 Å². The summed E-state index contributed by atoms with van der Waals surface area (Å²) in [6.07, 6.45) is 11.0. The summed E-state index contributed by atoms with van der Waals surface area (Å²) >= 11 is 0. The van der Waals surface area contributed by atoms with E-state index < -0.39 is 0 Å². The van der Waals surface area contributed by atoms with E-state index in [1.165, 1.54) is 25.7 Å². The minimum atomic E-state index is 0.153. The predicted molar refractivity (Wildman–Crippen MR) is 112 cm³/mol. The Kier molecular flexibility index (Phi) is 5.47. The lowest BCUT2D eigenvalue weighted by atomic mass is 9.78. The quantitative estimate of drug-likeness (QED) is 0.636. The Bertz CT molecular complexity index is 893. The average molecular weight is 382 g/mol. The van der Waals surface area contributed by atoms with Gasteiger partial charge < -0.3 is 14.1 Å². The molecule has 1 aliphatic heterocycles. The second kappa shape index (κ2) is 8.02. The number of benzene rings is 1. The van der Waals surface area contributed by atoms with Crippen molar-refractivity contribution in [3.8, 4) is 5.75 Å². The zero-order valence-corrected chi connectivity index (χ0v) is 17.3. The number of amides is 1. The van der Waals surface area contributed by atoms with Crippen molar-refractivity contribution in [3.63, 3.8) is 0 Å². The molecule has 1 aliphatic carbocycles.